The van der Waals surface area contributed by atoms with Crippen LogP contribution in [0, 0.1) is 0 Å². The number of hydrogen-bond acceptors (Lipinski definition) is 4. The van der Waals surface area contributed by atoms with Crippen LogP contribution in [0.15, 0.2) is 42.5 Å². The van der Waals surface area contributed by atoms with Gasteiger partial charge in [-0.2, -0.15) is 0 Å². The highest BCUT2D eigenvalue weighted by atomic mass is 16.7. The first kappa shape index (κ1) is 18.1. The van der Waals surface area contributed by atoms with Gasteiger partial charge in [0.1, 0.15) is 5.75 Å². The lowest BCUT2D eigenvalue weighted by atomic mass is 10.1. The number of amides is 1. The molecule has 0 bridgehead atoms. The van der Waals surface area contributed by atoms with Crippen LogP contribution in [0.4, 0.5) is 0 Å². The summed E-state index contributed by atoms with van der Waals surface area (Å²) in [5, 5.41) is 0. The standard InChI is InChI=1S/C21H25NO4/c1-3-4-5-21(23)22(13-16-6-9-18(24-2)10-7-16)14-17-8-11-19-20(12-17)26-15-25-19/h6-12H,3-5,13-15H2,1-2H3. The monoisotopic (exact) mass is 355 g/mol. The fourth-order valence-electron chi connectivity index (χ4n) is 2.93. The first-order valence-corrected chi connectivity index (χ1v) is 8.99. The Morgan fingerprint density at radius 2 is 1.73 bits per heavy atom. The van der Waals surface area contributed by atoms with Crippen molar-refractivity contribution in [1.29, 1.82) is 0 Å². The first-order valence-electron chi connectivity index (χ1n) is 8.99. The maximum absolute atomic E-state index is 12.7. The van der Waals surface area contributed by atoms with E-state index in [-0.39, 0.29) is 12.7 Å². The van der Waals surface area contributed by atoms with Crippen molar-refractivity contribution < 1.29 is 19.0 Å². The van der Waals surface area contributed by atoms with E-state index in [1.54, 1.807) is 7.11 Å². The molecular weight excluding hydrogens is 330 g/mol. The molecular formula is C21H25NO4. The molecule has 1 amide bonds. The van der Waals surface area contributed by atoms with Crippen LogP contribution in [0.5, 0.6) is 17.2 Å². The number of rotatable bonds is 8. The number of ether oxygens (including phenoxy) is 3. The van der Waals surface area contributed by atoms with Crippen molar-refractivity contribution >= 4 is 5.91 Å². The van der Waals surface area contributed by atoms with E-state index in [1.807, 2.05) is 47.4 Å². The van der Waals surface area contributed by atoms with Crippen molar-refractivity contribution in [3.8, 4) is 17.2 Å². The molecule has 0 saturated heterocycles. The van der Waals surface area contributed by atoms with Crippen LogP contribution in [0.3, 0.4) is 0 Å². The number of unbranched alkanes of at least 4 members (excludes halogenated alkanes) is 1. The highest BCUT2D eigenvalue weighted by molar-refractivity contribution is 5.76. The van der Waals surface area contributed by atoms with E-state index in [2.05, 4.69) is 6.92 Å². The number of methoxy groups -OCH3 is 1. The Bertz CT molecular complexity index is 742. The van der Waals surface area contributed by atoms with Crippen LogP contribution in [0.1, 0.15) is 37.3 Å². The topological polar surface area (TPSA) is 48.0 Å². The molecule has 0 spiro atoms. The van der Waals surface area contributed by atoms with Crippen molar-refractivity contribution in [1.82, 2.24) is 4.90 Å². The summed E-state index contributed by atoms with van der Waals surface area (Å²) in [4.78, 5) is 14.6. The van der Waals surface area contributed by atoms with Crippen LogP contribution < -0.4 is 14.2 Å². The molecule has 3 rings (SSSR count). The Balaban J connectivity index is 1.74. The summed E-state index contributed by atoms with van der Waals surface area (Å²) >= 11 is 0. The molecule has 1 aliphatic heterocycles. The van der Waals surface area contributed by atoms with Crippen molar-refractivity contribution in [2.45, 2.75) is 39.3 Å². The minimum absolute atomic E-state index is 0.167. The van der Waals surface area contributed by atoms with Gasteiger partial charge < -0.3 is 19.1 Å². The lowest BCUT2D eigenvalue weighted by Crippen LogP contribution is -2.29. The van der Waals surface area contributed by atoms with E-state index >= 15 is 0 Å². The Morgan fingerprint density at radius 1 is 1.04 bits per heavy atom. The van der Waals surface area contributed by atoms with E-state index in [9.17, 15) is 4.79 Å². The van der Waals surface area contributed by atoms with Crippen LogP contribution in [0.25, 0.3) is 0 Å². The molecule has 26 heavy (non-hydrogen) atoms. The van der Waals surface area contributed by atoms with E-state index in [4.69, 9.17) is 14.2 Å². The van der Waals surface area contributed by atoms with Crippen LogP contribution >= 0.6 is 0 Å². The molecule has 0 saturated carbocycles. The third-order valence-corrected chi connectivity index (χ3v) is 4.44. The highest BCUT2D eigenvalue weighted by Crippen LogP contribution is 2.33. The number of carbonyl (C=O) groups is 1. The van der Waals surface area contributed by atoms with Gasteiger partial charge in [0, 0.05) is 19.5 Å². The van der Waals surface area contributed by atoms with Crippen molar-refractivity contribution in [3.63, 3.8) is 0 Å². The first-order chi connectivity index (χ1) is 12.7. The average molecular weight is 355 g/mol. The van der Waals surface area contributed by atoms with Gasteiger partial charge in [0.15, 0.2) is 11.5 Å². The van der Waals surface area contributed by atoms with Crippen LogP contribution in [-0.4, -0.2) is 24.7 Å². The molecule has 1 aliphatic rings. The summed E-state index contributed by atoms with van der Waals surface area (Å²) in [6.45, 7) is 3.47. The molecule has 5 nitrogen and oxygen atoms in total. The van der Waals surface area contributed by atoms with Crippen molar-refractivity contribution in [2.75, 3.05) is 13.9 Å². The zero-order valence-corrected chi connectivity index (χ0v) is 15.4. The van der Waals surface area contributed by atoms with Gasteiger partial charge in [0.25, 0.3) is 0 Å². The third kappa shape index (κ3) is 4.48. The molecule has 0 N–H and O–H groups in total. The summed E-state index contributed by atoms with van der Waals surface area (Å²) < 4.78 is 16.0. The number of nitrogens with zero attached hydrogens (tertiary/aromatic N) is 1. The minimum atomic E-state index is 0.167. The molecule has 2 aromatic rings. The number of fused-ring (bicyclic) bond motifs is 1. The zero-order valence-electron chi connectivity index (χ0n) is 15.4. The second kappa shape index (κ2) is 8.61. The average Bonchev–Trinajstić information content (AvgIpc) is 3.14. The molecule has 0 radical (unpaired) electrons. The Kier molecular flexibility index (Phi) is 6.00. The van der Waals surface area contributed by atoms with Gasteiger partial charge in [0.2, 0.25) is 12.7 Å². The quantitative estimate of drug-likeness (QED) is 0.714. The van der Waals surface area contributed by atoms with Crippen LogP contribution in [0.2, 0.25) is 0 Å². The maximum Gasteiger partial charge on any atom is 0.231 e. The summed E-state index contributed by atoms with van der Waals surface area (Å²) in [5.41, 5.74) is 2.11. The Labute approximate surface area is 154 Å². The maximum atomic E-state index is 12.7. The third-order valence-electron chi connectivity index (χ3n) is 4.44. The SMILES string of the molecule is CCCCC(=O)N(Cc1ccc(OC)cc1)Cc1ccc2c(c1)OCO2. The number of hydrogen-bond donors (Lipinski definition) is 0. The van der Waals surface area contributed by atoms with Gasteiger partial charge in [-0.15, -0.1) is 0 Å². The fourth-order valence-corrected chi connectivity index (χ4v) is 2.93. The zero-order chi connectivity index (χ0) is 18.4. The fraction of sp³-hybridized carbons (Fsp3) is 0.381. The van der Waals surface area contributed by atoms with Gasteiger partial charge in [-0.25, -0.2) is 0 Å². The van der Waals surface area contributed by atoms with Gasteiger partial charge in [-0.3, -0.25) is 4.79 Å². The minimum Gasteiger partial charge on any atom is -0.497 e. The second-order valence-corrected chi connectivity index (χ2v) is 6.39. The molecule has 138 valence electrons. The smallest absolute Gasteiger partial charge is 0.231 e. The molecule has 0 unspecified atom stereocenters. The molecule has 0 fully saturated rings. The predicted molar refractivity (Wildman–Crippen MR) is 99.3 cm³/mol. The van der Waals surface area contributed by atoms with Crippen molar-refractivity contribution in [3.05, 3.63) is 53.6 Å². The van der Waals surface area contributed by atoms with Gasteiger partial charge in [0.05, 0.1) is 7.11 Å². The summed E-state index contributed by atoms with van der Waals surface area (Å²) in [6, 6.07) is 13.7. The number of carbonyl (C=O) groups excluding carboxylic acids is 1. The normalized spacial score (nSPS) is 12.1. The second-order valence-electron chi connectivity index (χ2n) is 6.39. The van der Waals surface area contributed by atoms with Gasteiger partial charge >= 0.3 is 0 Å². The van der Waals surface area contributed by atoms with E-state index in [0.717, 1.165) is 41.2 Å². The largest absolute Gasteiger partial charge is 0.497 e. The lowest BCUT2D eigenvalue weighted by molar-refractivity contribution is -0.132. The van der Waals surface area contributed by atoms with Crippen molar-refractivity contribution in [2.24, 2.45) is 0 Å². The van der Waals surface area contributed by atoms with E-state index in [1.165, 1.54) is 0 Å². The molecule has 2 aromatic carbocycles. The number of benzene rings is 2. The van der Waals surface area contributed by atoms with E-state index < -0.39 is 0 Å². The van der Waals surface area contributed by atoms with E-state index in [0.29, 0.717) is 19.5 Å². The van der Waals surface area contributed by atoms with Crippen LogP contribution in [-0.2, 0) is 17.9 Å². The Morgan fingerprint density at radius 3 is 2.46 bits per heavy atom. The predicted octanol–water partition coefficient (Wildman–Crippen LogP) is 4.14. The molecule has 0 aliphatic carbocycles. The van der Waals surface area contributed by atoms with Gasteiger partial charge in [-0.05, 0) is 41.8 Å². The molecule has 0 aromatic heterocycles. The molecule has 5 heteroatoms. The molecule has 1 heterocycles. The Hall–Kier alpha value is -2.69. The summed E-state index contributed by atoms with van der Waals surface area (Å²) in [6.07, 6.45) is 2.47. The van der Waals surface area contributed by atoms with Gasteiger partial charge in [-0.1, -0.05) is 31.5 Å². The molecule has 0 atom stereocenters. The summed E-state index contributed by atoms with van der Waals surface area (Å²) in [7, 11) is 1.65. The highest BCUT2D eigenvalue weighted by Gasteiger charge is 2.18. The lowest BCUT2D eigenvalue weighted by Gasteiger charge is -2.23. The summed E-state index contributed by atoms with van der Waals surface area (Å²) in [5.74, 6) is 2.48.